The monoisotopic (exact) mass is 303 g/mol. The summed E-state index contributed by atoms with van der Waals surface area (Å²) in [7, 11) is 1.76. The zero-order chi connectivity index (χ0) is 15.9. The predicted molar refractivity (Wildman–Crippen MR) is 88.9 cm³/mol. The van der Waals surface area contributed by atoms with E-state index in [9.17, 15) is 9.90 Å². The van der Waals surface area contributed by atoms with E-state index in [0.29, 0.717) is 18.5 Å². The SMILES string of the molecule is CCCCCN(CCO)Cc1nc2ccccc2c(=O)n1C. The summed E-state index contributed by atoms with van der Waals surface area (Å²) >= 11 is 0. The van der Waals surface area contributed by atoms with Crippen LogP contribution in [0.15, 0.2) is 29.1 Å². The number of hydrogen-bond donors (Lipinski definition) is 1. The zero-order valence-corrected chi connectivity index (χ0v) is 13.5. The number of nitrogens with zero attached hydrogens (tertiary/aromatic N) is 3. The van der Waals surface area contributed by atoms with E-state index in [1.807, 2.05) is 18.2 Å². The summed E-state index contributed by atoms with van der Waals surface area (Å²) in [5.74, 6) is 0.744. The Labute approximate surface area is 131 Å². The van der Waals surface area contributed by atoms with Gasteiger partial charge in [-0.15, -0.1) is 0 Å². The Bertz CT molecular complexity index is 666. The number of aliphatic hydroxyl groups is 1. The maximum Gasteiger partial charge on any atom is 0.261 e. The molecule has 5 heteroatoms. The van der Waals surface area contributed by atoms with Crippen molar-refractivity contribution in [2.24, 2.45) is 7.05 Å². The van der Waals surface area contributed by atoms with Crippen LogP contribution in [0.3, 0.4) is 0 Å². The van der Waals surface area contributed by atoms with Gasteiger partial charge in [0.25, 0.3) is 5.56 Å². The highest BCUT2D eigenvalue weighted by Crippen LogP contribution is 2.09. The molecule has 2 aromatic rings. The molecule has 0 radical (unpaired) electrons. The number of benzene rings is 1. The minimum absolute atomic E-state index is 0.0156. The van der Waals surface area contributed by atoms with Crippen molar-refractivity contribution in [1.82, 2.24) is 14.5 Å². The number of aromatic nitrogens is 2. The fraction of sp³-hybridized carbons (Fsp3) is 0.529. The van der Waals surface area contributed by atoms with Gasteiger partial charge >= 0.3 is 0 Å². The van der Waals surface area contributed by atoms with Crippen LogP contribution in [-0.2, 0) is 13.6 Å². The third-order valence-corrected chi connectivity index (χ3v) is 3.93. The predicted octanol–water partition coefficient (Wildman–Crippen LogP) is 1.92. The molecule has 0 aliphatic carbocycles. The summed E-state index contributed by atoms with van der Waals surface area (Å²) in [6.07, 6.45) is 3.43. The maximum absolute atomic E-state index is 12.4. The summed E-state index contributed by atoms with van der Waals surface area (Å²) in [4.78, 5) is 19.2. The van der Waals surface area contributed by atoms with Crippen LogP contribution in [0, 0.1) is 0 Å². The normalized spacial score (nSPS) is 11.5. The van der Waals surface area contributed by atoms with E-state index in [1.165, 1.54) is 12.8 Å². The van der Waals surface area contributed by atoms with Gasteiger partial charge in [0.15, 0.2) is 0 Å². The molecule has 5 nitrogen and oxygen atoms in total. The van der Waals surface area contributed by atoms with Gasteiger partial charge in [-0.25, -0.2) is 4.98 Å². The lowest BCUT2D eigenvalue weighted by molar-refractivity contribution is 0.183. The van der Waals surface area contributed by atoms with Crippen molar-refractivity contribution in [1.29, 1.82) is 0 Å². The van der Waals surface area contributed by atoms with Gasteiger partial charge in [0.2, 0.25) is 0 Å². The fourth-order valence-corrected chi connectivity index (χ4v) is 2.60. The van der Waals surface area contributed by atoms with Crippen molar-refractivity contribution in [2.45, 2.75) is 32.7 Å². The van der Waals surface area contributed by atoms with Gasteiger partial charge in [-0.2, -0.15) is 0 Å². The molecule has 1 N–H and O–H groups in total. The quantitative estimate of drug-likeness (QED) is 0.757. The summed E-state index contributed by atoms with van der Waals surface area (Å²) in [6.45, 7) is 4.39. The molecule has 0 unspecified atom stereocenters. The topological polar surface area (TPSA) is 58.4 Å². The number of unbranched alkanes of at least 4 members (excludes halogenated alkanes) is 2. The van der Waals surface area contributed by atoms with E-state index in [-0.39, 0.29) is 12.2 Å². The Balaban J connectivity index is 2.24. The number of rotatable bonds is 8. The Morgan fingerprint density at radius 1 is 1.23 bits per heavy atom. The molecular formula is C17H25N3O2. The molecule has 0 spiro atoms. The number of para-hydroxylation sites is 1. The van der Waals surface area contributed by atoms with Crippen LogP contribution in [0.4, 0.5) is 0 Å². The molecule has 120 valence electrons. The fourth-order valence-electron chi connectivity index (χ4n) is 2.60. The van der Waals surface area contributed by atoms with Crippen molar-refractivity contribution in [3.05, 3.63) is 40.4 Å². The molecule has 0 saturated carbocycles. The van der Waals surface area contributed by atoms with E-state index in [2.05, 4.69) is 16.8 Å². The maximum atomic E-state index is 12.4. The van der Waals surface area contributed by atoms with Crippen LogP contribution < -0.4 is 5.56 Å². The van der Waals surface area contributed by atoms with Gasteiger partial charge in [0, 0.05) is 13.6 Å². The van der Waals surface area contributed by atoms with Gasteiger partial charge in [0.1, 0.15) is 5.82 Å². The minimum Gasteiger partial charge on any atom is -0.395 e. The molecule has 0 aliphatic rings. The molecule has 0 fully saturated rings. The lowest BCUT2D eigenvalue weighted by Gasteiger charge is -2.22. The van der Waals surface area contributed by atoms with Crippen LogP contribution in [0.2, 0.25) is 0 Å². The molecule has 0 amide bonds. The Hall–Kier alpha value is -1.72. The second kappa shape index (κ2) is 8.06. The molecule has 0 saturated heterocycles. The first-order valence-electron chi connectivity index (χ1n) is 7.95. The summed E-state index contributed by atoms with van der Waals surface area (Å²) in [5.41, 5.74) is 0.719. The van der Waals surface area contributed by atoms with Crippen molar-refractivity contribution >= 4 is 10.9 Å². The van der Waals surface area contributed by atoms with E-state index in [1.54, 1.807) is 17.7 Å². The molecule has 1 aromatic carbocycles. The van der Waals surface area contributed by atoms with Crippen molar-refractivity contribution in [3.8, 4) is 0 Å². The third kappa shape index (κ3) is 3.93. The van der Waals surface area contributed by atoms with E-state index in [4.69, 9.17) is 0 Å². The molecule has 0 bridgehead atoms. The largest absolute Gasteiger partial charge is 0.395 e. The van der Waals surface area contributed by atoms with Crippen molar-refractivity contribution in [3.63, 3.8) is 0 Å². The van der Waals surface area contributed by atoms with Gasteiger partial charge in [0.05, 0.1) is 24.1 Å². The Morgan fingerprint density at radius 2 is 2.00 bits per heavy atom. The molecule has 22 heavy (non-hydrogen) atoms. The average molecular weight is 303 g/mol. The van der Waals surface area contributed by atoms with Crippen molar-refractivity contribution < 1.29 is 5.11 Å². The highest BCUT2D eigenvalue weighted by molar-refractivity contribution is 5.77. The van der Waals surface area contributed by atoms with Crippen molar-refractivity contribution in [2.75, 3.05) is 19.7 Å². The van der Waals surface area contributed by atoms with Crippen LogP contribution in [0.1, 0.15) is 32.0 Å². The first kappa shape index (κ1) is 16.6. The molecule has 1 heterocycles. The summed E-state index contributed by atoms with van der Waals surface area (Å²) in [5, 5.41) is 9.88. The first-order valence-corrected chi connectivity index (χ1v) is 7.95. The Morgan fingerprint density at radius 3 is 2.73 bits per heavy atom. The average Bonchev–Trinajstić information content (AvgIpc) is 2.53. The highest BCUT2D eigenvalue weighted by atomic mass is 16.3. The van der Waals surface area contributed by atoms with Gasteiger partial charge in [-0.05, 0) is 25.1 Å². The van der Waals surface area contributed by atoms with Crippen LogP contribution in [0.25, 0.3) is 10.9 Å². The van der Waals surface area contributed by atoms with Gasteiger partial charge < -0.3 is 5.11 Å². The molecule has 0 atom stereocenters. The third-order valence-electron chi connectivity index (χ3n) is 3.93. The molecule has 2 rings (SSSR count). The van der Waals surface area contributed by atoms with Crippen LogP contribution in [0.5, 0.6) is 0 Å². The Kier molecular flexibility index (Phi) is 6.10. The number of hydrogen-bond acceptors (Lipinski definition) is 4. The summed E-state index contributed by atoms with van der Waals surface area (Å²) in [6, 6.07) is 7.42. The second-order valence-corrected chi connectivity index (χ2v) is 5.62. The van der Waals surface area contributed by atoms with E-state index < -0.39 is 0 Å². The second-order valence-electron chi connectivity index (χ2n) is 5.62. The van der Waals surface area contributed by atoms with E-state index >= 15 is 0 Å². The van der Waals surface area contributed by atoms with E-state index in [0.717, 1.165) is 24.3 Å². The number of aliphatic hydroxyl groups excluding tert-OH is 1. The lowest BCUT2D eigenvalue weighted by atomic mass is 10.2. The van der Waals surface area contributed by atoms with Gasteiger partial charge in [-0.1, -0.05) is 31.9 Å². The smallest absolute Gasteiger partial charge is 0.261 e. The standard InChI is InChI=1S/C17H25N3O2/c1-3-4-7-10-20(11-12-21)13-16-18-15-9-6-5-8-14(15)17(22)19(16)2/h5-6,8-9,21H,3-4,7,10-13H2,1-2H3. The summed E-state index contributed by atoms with van der Waals surface area (Å²) < 4.78 is 1.62. The highest BCUT2D eigenvalue weighted by Gasteiger charge is 2.12. The lowest BCUT2D eigenvalue weighted by Crippen LogP contribution is -2.32. The zero-order valence-electron chi connectivity index (χ0n) is 13.5. The van der Waals surface area contributed by atoms with Crippen LogP contribution in [-0.4, -0.2) is 39.3 Å². The minimum atomic E-state index is -0.0156. The molecular weight excluding hydrogens is 278 g/mol. The van der Waals surface area contributed by atoms with Crippen LogP contribution >= 0.6 is 0 Å². The molecule has 1 aromatic heterocycles. The number of fused-ring (bicyclic) bond motifs is 1. The first-order chi connectivity index (χ1) is 10.7. The molecule has 0 aliphatic heterocycles. The van der Waals surface area contributed by atoms with Gasteiger partial charge in [-0.3, -0.25) is 14.3 Å².